The highest BCUT2D eigenvalue weighted by Gasteiger charge is 2.23. The number of aromatic amines is 1. The van der Waals surface area contributed by atoms with E-state index < -0.39 is 11.2 Å². The van der Waals surface area contributed by atoms with Crippen molar-refractivity contribution >= 4 is 17.4 Å². The van der Waals surface area contributed by atoms with Gasteiger partial charge in [0.2, 0.25) is 5.91 Å². The van der Waals surface area contributed by atoms with Gasteiger partial charge in [-0.1, -0.05) is 31.5 Å². The average Bonchev–Trinajstić information content (AvgIpc) is 2.61. The van der Waals surface area contributed by atoms with Crippen LogP contribution in [0, 0.1) is 13.8 Å². The Morgan fingerprint density at radius 1 is 1.19 bits per heavy atom. The molecule has 0 atom stereocenters. The van der Waals surface area contributed by atoms with E-state index in [9.17, 15) is 14.4 Å². The Labute approximate surface area is 158 Å². The summed E-state index contributed by atoms with van der Waals surface area (Å²) in [5.74, 6) is -0.203. The van der Waals surface area contributed by atoms with Crippen molar-refractivity contribution in [3.63, 3.8) is 0 Å². The highest BCUT2D eigenvalue weighted by atomic mass is 16.2. The van der Waals surface area contributed by atoms with Crippen LogP contribution in [-0.4, -0.2) is 22.0 Å². The molecule has 0 aliphatic carbocycles. The van der Waals surface area contributed by atoms with Crippen LogP contribution in [-0.2, 0) is 17.8 Å². The van der Waals surface area contributed by atoms with Crippen molar-refractivity contribution in [1.29, 1.82) is 0 Å². The largest absolute Gasteiger partial charge is 0.383 e. The number of carbonyl (C=O) groups excluding carboxylic acids is 1. The molecule has 1 aromatic heterocycles. The van der Waals surface area contributed by atoms with Crippen molar-refractivity contribution in [3.05, 3.63) is 55.7 Å². The maximum atomic E-state index is 12.9. The van der Waals surface area contributed by atoms with Crippen LogP contribution in [0.4, 0.5) is 11.5 Å². The van der Waals surface area contributed by atoms with Gasteiger partial charge < -0.3 is 10.6 Å². The summed E-state index contributed by atoms with van der Waals surface area (Å²) >= 11 is 0. The van der Waals surface area contributed by atoms with Crippen LogP contribution < -0.4 is 21.9 Å². The minimum atomic E-state index is -0.638. The molecule has 1 aromatic carbocycles. The maximum Gasteiger partial charge on any atom is 0.330 e. The summed E-state index contributed by atoms with van der Waals surface area (Å²) in [6.07, 6.45) is 1.78. The van der Waals surface area contributed by atoms with Gasteiger partial charge in [0.05, 0.1) is 6.42 Å². The van der Waals surface area contributed by atoms with E-state index in [-0.39, 0.29) is 30.4 Å². The molecule has 0 spiro atoms. The molecule has 0 aliphatic rings. The molecule has 0 bridgehead atoms. The molecule has 0 saturated carbocycles. The Balaban J connectivity index is 2.41. The second-order valence-corrected chi connectivity index (χ2v) is 6.73. The number of hydrogen-bond donors (Lipinski definition) is 2. The van der Waals surface area contributed by atoms with Gasteiger partial charge >= 0.3 is 5.69 Å². The first-order valence-corrected chi connectivity index (χ1v) is 9.29. The lowest BCUT2D eigenvalue weighted by molar-refractivity contribution is -0.117. The molecule has 7 heteroatoms. The molecule has 0 saturated heterocycles. The first-order chi connectivity index (χ1) is 12.8. The third kappa shape index (κ3) is 4.48. The van der Waals surface area contributed by atoms with Crippen molar-refractivity contribution < 1.29 is 4.79 Å². The van der Waals surface area contributed by atoms with Gasteiger partial charge in [0.25, 0.3) is 5.56 Å². The first-order valence-electron chi connectivity index (χ1n) is 9.29. The second-order valence-electron chi connectivity index (χ2n) is 6.73. The summed E-state index contributed by atoms with van der Waals surface area (Å²) in [5, 5.41) is 0. The number of H-pyrrole nitrogens is 1. The number of unbranched alkanes of at least 4 members (excludes halogenated alkanes) is 1. The number of nitrogens with zero attached hydrogens (tertiary/aromatic N) is 2. The normalized spacial score (nSPS) is 10.8. The predicted octanol–water partition coefficient (Wildman–Crippen LogP) is 2.13. The molecule has 27 heavy (non-hydrogen) atoms. The standard InChI is InChI=1S/C20H28N4O3/c1-5-7-10-24-18(21)17(19(26)22-20(24)27)23(6-2)16(25)12-15-9-8-13(3)14(4)11-15/h8-9,11H,5-7,10,12,21H2,1-4H3,(H,22,26,27). The number of aromatic nitrogens is 2. The fourth-order valence-electron chi connectivity index (χ4n) is 3.02. The van der Waals surface area contributed by atoms with Gasteiger partial charge in [-0.25, -0.2) is 4.79 Å². The zero-order valence-electron chi connectivity index (χ0n) is 16.5. The number of likely N-dealkylation sites (N-methyl/N-ethyl adjacent to an activating group) is 1. The third-order valence-corrected chi connectivity index (χ3v) is 4.76. The fourth-order valence-corrected chi connectivity index (χ4v) is 3.02. The van der Waals surface area contributed by atoms with Crippen molar-refractivity contribution in [2.45, 2.75) is 53.5 Å². The SMILES string of the molecule is CCCCn1c(N)c(N(CC)C(=O)Cc2ccc(C)c(C)c2)c(=O)[nH]c1=O. The Morgan fingerprint density at radius 3 is 2.48 bits per heavy atom. The van der Waals surface area contributed by atoms with Gasteiger partial charge in [-0.3, -0.25) is 19.1 Å². The lowest BCUT2D eigenvalue weighted by atomic mass is 10.0. The van der Waals surface area contributed by atoms with Crippen LogP contribution in [0.2, 0.25) is 0 Å². The topological polar surface area (TPSA) is 101 Å². The molecule has 1 heterocycles. The van der Waals surface area contributed by atoms with Gasteiger partial charge in [0.1, 0.15) is 5.82 Å². The van der Waals surface area contributed by atoms with E-state index in [1.165, 1.54) is 9.47 Å². The minimum Gasteiger partial charge on any atom is -0.383 e. The number of nitrogen functional groups attached to an aromatic ring is 1. The summed E-state index contributed by atoms with van der Waals surface area (Å²) < 4.78 is 1.33. The molecular weight excluding hydrogens is 344 g/mol. The number of rotatable bonds is 7. The maximum absolute atomic E-state index is 12.9. The first kappa shape index (κ1) is 20.5. The van der Waals surface area contributed by atoms with Crippen LogP contribution in [0.1, 0.15) is 43.4 Å². The molecule has 0 fully saturated rings. The number of anilines is 2. The number of nitrogens with one attached hydrogen (secondary N) is 1. The van der Waals surface area contributed by atoms with Crippen LogP contribution in [0.25, 0.3) is 0 Å². The Hall–Kier alpha value is -2.83. The molecule has 0 aliphatic heterocycles. The fraction of sp³-hybridized carbons (Fsp3) is 0.450. The van der Waals surface area contributed by atoms with Gasteiger partial charge in [-0.05, 0) is 43.9 Å². The molecule has 7 nitrogen and oxygen atoms in total. The highest BCUT2D eigenvalue weighted by molar-refractivity contribution is 5.96. The van der Waals surface area contributed by atoms with E-state index in [2.05, 4.69) is 4.98 Å². The van der Waals surface area contributed by atoms with Crippen molar-refractivity contribution in [1.82, 2.24) is 9.55 Å². The number of benzene rings is 1. The third-order valence-electron chi connectivity index (χ3n) is 4.76. The summed E-state index contributed by atoms with van der Waals surface area (Å²) in [6.45, 7) is 8.46. The highest BCUT2D eigenvalue weighted by Crippen LogP contribution is 2.19. The summed E-state index contributed by atoms with van der Waals surface area (Å²) in [4.78, 5) is 41.0. The monoisotopic (exact) mass is 372 g/mol. The smallest absolute Gasteiger partial charge is 0.330 e. The molecule has 0 radical (unpaired) electrons. The Kier molecular flexibility index (Phi) is 6.60. The minimum absolute atomic E-state index is 0.0347. The van der Waals surface area contributed by atoms with Crippen LogP contribution in [0.5, 0.6) is 0 Å². The molecule has 2 aromatic rings. The van der Waals surface area contributed by atoms with E-state index in [0.29, 0.717) is 6.54 Å². The number of amides is 1. The van der Waals surface area contributed by atoms with E-state index in [1.807, 2.05) is 39.0 Å². The van der Waals surface area contributed by atoms with E-state index in [1.54, 1.807) is 6.92 Å². The quantitative estimate of drug-likeness (QED) is 0.777. The summed E-state index contributed by atoms with van der Waals surface area (Å²) in [7, 11) is 0. The van der Waals surface area contributed by atoms with Crippen molar-refractivity contribution in [2.24, 2.45) is 0 Å². The van der Waals surface area contributed by atoms with E-state index >= 15 is 0 Å². The van der Waals surface area contributed by atoms with Crippen molar-refractivity contribution in [2.75, 3.05) is 17.2 Å². The predicted molar refractivity (Wildman–Crippen MR) is 108 cm³/mol. The average molecular weight is 372 g/mol. The lowest BCUT2D eigenvalue weighted by Crippen LogP contribution is -2.41. The molecule has 2 rings (SSSR count). The van der Waals surface area contributed by atoms with E-state index in [0.717, 1.165) is 29.5 Å². The number of aryl methyl sites for hydroxylation is 2. The van der Waals surface area contributed by atoms with Gasteiger partial charge in [-0.2, -0.15) is 0 Å². The molecular formula is C20H28N4O3. The lowest BCUT2D eigenvalue weighted by Gasteiger charge is -2.23. The van der Waals surface area contributed by atoms with Gasteiger partial charge in [-0.15, -0.1) is 0 Å². The van der Waals surface area contributed by atoms with Crippen molar-refractivity contribution in [3.8, 4) is 0 Å². The molecule has 146 valence electrons. The van der Waals surface area contributed by atoms with Gasteiger partial charge in [0, 0.05) is 13.1 Å². The summed E-state index contributed by atoms with van der Waals surface area (Å²) in [6, 6.07) is 5.85. The van der Waals surface area contributed by atoms with Crippen LogP contribution >= 0.6 is 0 Å². The molecule has 3 N–H and O–H groups in total. The van der Waals surface area contributed by atoms with E-state index in [4.69, 9.17) is 5.73 Å². The zero-order valence-corrected chi connectivity index (χ0v) is 16.5. The number of nitrogens with two attached hydrogens (primary N) is 1. The Bertz CT molecular complexity index is 943. The van der Waals surface area contributed by atoms with Crippen LogP contribution in [0.3, 0.4) is 0 Å². The zero-order chi connectivity index (χ0) is 20.1. The second kappa shape index (κ2) is 8.70. The number of hydrogen-bond acceptors (Lipinski definition) is 4. The summed E-state index contributed by atoms with van der Waals surface area (Å²) in [5.41, 5.74) is 8.11. The molecule has 0 unspecified atom stereocenters. The van der Waals surface area contributed by atoms with Gasteiger partial charge in [0.15, 0.2) is 5.69 Å². The van der Waals surface area contributed by atoms with Crippen LogP contribution in [0.15, 0.2) is 27.8 Å². The molecule has 1 amide bonds. The number of carbonyl (C=O) groups is 1. The Morgan fingerprint density at radius 2 is 1.89 bits per heavy atom.